The number of thiazole rings is 1. The molecule has 0 bridgehead atoms. The topological polar surface area (TPSA) is 50.3 Å². The van der Waals surface area contributed by atoms with E-state index in [9.17, 15) is 9.59 Å². The zero-order chi connectivity index (χ0) is 15.2. The molecule has 4 nitrogen and oxygen atoms in total. The van der Waals surface area contributed by atoms with E-state index < -0.39 is 0 Å². The summed E-state index contributed by atoms with van der Waals surface area (Å²) in [5.74, 6) is -0.349. The Balaban J connectivity index is 1.78. The maximum atomic E-state index is 12.4. The Labute approximate surface area is 128 Å². The van der Waals surface area contributed by atoms with E-state index in [1.807, 2.05) is 17.5 Å². The van der Waals surface area contributed by atoms with Crippen LogP contribution < -0.4 is 0 Å². The van der Waals surface area contributed by atoms with Crippen molar-refractivity contribution < 1.29 is 9.59 Å². The van der Waals surface area contributed by atoms with Gasteiger partial charge in [0.25, 0.3) is 0 Å². The largest absolute Gasteiger partial charge is 0.275 e. The van der Waals surface area contributed by atoms with E-state index in [2.05, 4.69) is 25.8 Å². The second-order valence-electron chi connectivity index (χ2n) is 6.79. The molecular formula is C16H20N2O2S. The third-order valence-corrected chi connectivity index (χ3v) is 5.05. The van der Waals surface area contributed by atoms with E-state index in [1.54, 1.807) is 0 Å². The van der Waals surface area contributed by atoms with Crippen molar-refractivity contribution >= 4 is 23.2 Å². The van der Waals surface area contributed by atoms with E-state index >= 15 is 0 Å². The van der Waals surface area contributed by atoms with Crippen molar-refractivity contribution in [1.82, 2.24) is 9.88 Å². The highest BCUT2D eigenvalue weighted by atomic mass is 32.1. The number of carbonyl (C=O) groups is 2. The first kappa shape index (κ1) is 14.4. The summed E-state index contributed by atoms with van der Waals surface area (Å²) in [5.41, 5.74) is 1.01. The van der Waals surface area contributed by atoms with E-state index in [1.165, 1.54) is 16.2 Å². The summed E-state index contributed by atoms with van der Waals surface area (Å²) in [5, 5.41) is 2.86. The normalized spacial score (nSPS) is 25.6. The third-order valence-electron chi connectivity index (χ3n) is 4.21. The Morgan fingerprint density at radius 1 is 1.19 bits per heavy atom. The average molecular weight is 304 g/mol. The highest BCUT2D eigenvalue weighted by Gasteiger charge is 2.47. The molecule has 2 amide bonds. The Bertz CT molecular complexity index is 586. The lowest BCUT2D eigenvalue weighted by atomic mass is 9.85. The zero-order valence-electron chi connectivity index (χ0n) is 12.6. The first-order valence-corrected chi connectivity index (χ1v) is 8.21. The van der Waals surface area contributed by atoms with Crippen molar-refractivity contribution in [3.05, 3.63) is 28.2 Å². The lowest BCUT2D eigenvalue weighted by Gasteiger charge is -2.15. The number of carbonyl (C=O) groups excluding carboxylic acids is 2. The van der Waals surface area contributed by atoms with Gasteiger partial charge in [-0.05, 0) is 12.8 Å². The Morgan fingerprint density at radius 3 is 2.24 bits per heavy atom. The number of likely N-dealkylation sites (tertiary alicyclic amines) is 1. The van der Waals surface area contributed by atoms with Crippen LogP contribution in [0.2, 0.25) is 0 Å². The molecule has 0 radical (unpaired) electrons. The summed E-state index contributed by atoms with van der Waals surface area (Å²) in [6, 6.07) is 0. The molecule has 0 N–H and O–H groups in total. The van der Waals surface area contributed by atoms with Gasteiger partial charge < -0.3 is 0 Å². The summed E-state index contributed by atoms with van der Waals surface area (Å²) in [6.07, 6.45) is 5.40. The number of fused-ring (bicyclic) bond motifs is 1. The average Bonchev–Trinajstić information content (AvgIpc) is 2.99. The van der Waals surface area contributed by atoms with Gasteiger partial charge in [0, 0.05) is 10.8 Å². The summed E-state index contributed by atoms with van der Waals surface area (Å²) in [7, 11) is 0. The Kier molecular flexibility index (Phi) is 3.48. The van der Waals surface area contributed by atoms with Gasteiger partial charge in [-0.25, -0.2) is 4.98 Å². The van der Waals surface area contributed by atoms with Crippen LogP contribution in [0, 0.1) is 11.8 Å². The highest BCUT2D eigenvalue weighted by Crippen LogP contribution is 2.36. The number of rotatable bonds is 2. The molecule has 112 valence electrons. The number of allylic oxidation sites excluding steroid dienone is 2. The van der Waals surface area contributed by atoms with Crippen molar-refractivity contribution in [3.8, 4) is 0 Å². The molecule has 0 aromatic carbocycles. The van der Waals surface area contributed by atoms with Gasteiger partial charge >= 0.3 is 0 Å². The fraction of sp³-hybridized carbons (Fsp3) is 0.562. The van der Waals surface area contributed by atoms with Crippen LogP contribution in [-0.2, 0) is 21.5 Å². The fourth-order valence-electron chi connectivity index (χ4n) is 2.89. The molecule has 1 aliphatic heterocycles. The summed E-state index contributed by atoms with van der Waals surface area (Å²) in [4.78, 5) is 30.8. The lowest BCUT2D eigenvalue weighted by molar-refractivity contribution is -0.140. The number of amides is 2. The number of hydrogen-bond acceptors (Lipinski definition) is 4. The van der Waals surface area contributed by atoms with Crippen molar-refractivity contribution in [2.45, 2.75) is 45.6 Å². The minimum atomic E-state index is -0.149. The van der Waals surface area contributed by atoms with E-state index in [-0.39, 0.29) is 29.1 Å². The Hall–Kier alpha value is -1.49. The molecule has 3 rings (SSSR count). The number of aromatic nitrogens is 1. The van der Waals surface area contributed by atoms with Gasteiger partial charge in [-0.2, -0.15) is 0 Å². The molecule has 0 saturated carbocycles. The van der Waals surface area contributed by atoms with Crippen LogP contribution in [0.5, 0.6) is 0 Å². The first-order chi connectivity index (χ1) is 9.88. The zero-order valence-corrected chi connectivity index (χ0v) is 13.4. The van der Waals surface area contributed by atoms with Gasteiger partial charge in [-0.3, -0.25) is 14.5 Å². The summed E-state index contributed by atoms with van der Waals surface area (Å²) in [6.45, 7) is 6.65. The summed E-state index contributed by atoms with van der Waals surface area (Å²) >= 11 is 1.53. The minimum absolute atomic E-state index is 0.00825. The second kappa shape index (κ2) is 5.05. The Morgan fingerprint density at radius 2 is 1.76 bits per heavy atom. The predicted octanol–water partition coefficient (Wildman–Crippen LogP) is 2.89. The van der Waals surface area contributed by atoms with Gasteiger partial charge in [0.15, 0.2) is 0 Å². The maximum Gasteiger partial charge on any atom is 0.233 e. The molecule has 5 heteroatoms. The second-order valence-corrected chi connectivity index (χ2v) is 7.74. The molecule has 0 unspecified atom stereocenters. The quantitative estimate of drug-likeness (QED) is 0.623. The molecule has 1 aromatic heterocycles. The molecular weight excluding hydrogens is 284 g/mol. The van der Waals surface area contributed by atoms with Crippen LogP contribution in [0.4, 0.5) is 0 Å². The standard InChI is InChI=1S/C16H20N2O2S/c1-16(2,3)12-9-21-13(17-12)8-18-14(19)10-6-4-5-7-11(10)15(18)20/h4-5,9-11H,6-8H2,1-3H3/t10-,11-/m0/s1. The number of imide groups is 1. The first-order valence-electron chi connectivity index (χ1n) is 7.33. The lowest BCUT2D eigenvalue weighted by Crippen LogP contribution is -2.30. The minimum Gasteiger partial charge on any atom is -0.275 e. The molecule has 2 atom stereocenters. The number of hydrogen-bond donors (Lipinski definition) is 0. The van der Waals surface area contributed by atoms with E-state index in [4.69, 9.17) is 0 Å². The molecule has 21 heavy (non-hydrogen) atoms. The maximum absolute atomic E-state index is 12.4. The monoisotopic (exact) mass is 304 g/mol. The van der Waals surface area contributed by atoms with Crippen LogP contribution in [-0.4, -0.2) is 21.7 Å². The van der Waals surface area contributed by atoms with Crippen molar-refractivity contribution in [2.75, 3.05) is 0 Å². The highest BCUT2D eigenvalue weighted by molar-refractivity contribution is 7.09. The van der Waals surface area contributed by atoms with Crippen LogP contribution in [0.1, 0.15) is 44.3 Å². The van der Waals surface area contributed by atoms with Crippen molar-refractivity contribution in [1.29, 1.82) is 0 Å². The van der Waals surface area contributed by atoms with Gasteiger partial charge in [0.2, 0.25) is 11.8 Å². The van der Waals surface area contributed by atoms with Crippen LogP contribution in [0.3, 0.4) is 0 Å². The van der Waals surface area contributed by atoms with Gasteiger partial charge in [0.1, 0.15) is 5.01 Å². The van der Waals surface area contributed by atoms with Gasteiger partial charge in [0.05, 0.1) is 24.1 Å². The number of nitrogens with zero attached hydrogens (tertiary/aromatic N) is 2. The smallest absolute Gasteiger partial charge is 0.233 e. The van der Waals surface area contributed by atoms with E-state index in [0.29, 0.717) is 19.4 Å². The van der Waals surface area contributed by atoms with Crippen LogP contribution >= 0.6 is 11.3 Å². The molecule has 1 fully saturated rings. The molecule has 2 heterocycles. The fourth-order valence-corrected chi connectivity index (χ4v) is 3.90. The molecule has 1 saturated heterocycles. The van der Waals surface area contributed by atoms with Gasteiger partial charge in [-0.1, -0.05) is 32.9 Å². The molecule has 1 aromatic rings. The molecule has 1 aliphatic carbocycles. The van der Waals surface area contributed by atoms with E-state index in [0.717, 1.165) is 10.7 Å². The third kappa shape index (κ3) is 2.55. The predicted molar refractivity (Wildman–Crippen MR) is 81.7 cm³/mol. The van der Waals surface area contributed by atoms with Crippen LogP contribution in [0.15, 0.2) is 17.5 Å². The SMILES string of the molecule is CC(C)(C)c1csc(CN2C(=O)[C@H]3CC=CC[C@@H]3C2=O)n1. The molecule has 0 spiro atoms. The van der Waals surface area contributed by atoms with Crippen LogP contribution in [0.25, 0.3) is 0 Å². The van der Waals surface area contributed by atoms with Crippen molar-refractivity contribution in [2.24, 2.45) is 11.8 Å². The summed E-state index contributed by atoms with van der Waals surface area (Å²) < 4.78 is 0. The van der Waals surface area contributed by atoms with Gasteiger partial charge in [-0.15, -0.1) is 11.3 Å². The van der Waals surface area contributed by atoms with Crippen molar-refractivity contribution in [3.63, 3.8) is 0 Å². The molecule has 2 aliphatic rings.